The maximum Gasteiger partial charge on any atom is 0.286 e. The molecule has 0 saturated carbocycles. The van der Waals surface area contributed by atoms with Gasteiger partial charge in [0.25, 0.3) is 17.2 Å². The lowest BCUT2D eigenvalue weighted by atomic mass is 10.1. The van der Waals surface area contributed by atoms with Crippen LogP contribution in [0.25, 0.3) is 0 Å². The molecule has 0 aliphatic carbocycles. The molecule has 0 bridgehead atoms. The summed E-state index contributed by atoms with van der Waals surface area (Å²) in [6.45, 7) is 0.671. The largest absolute Gasteiger partial charge is 0.393 e. The summed E-state index contributed by atoms with van der Waals surface area (Å²) in [5.74, 6) is -0.545. The molecule has 0 unspecified atom stereocenters. The van der Waals surface area contributed by atoms with Crippen LogP contribution < -0.4 is 5.56 Å². The molecule has 1 aliphatic rings. The average Bonchev–Trinajstić information content (AvgIpc) is 2.39. The summed E-state index contributed by atoms with van der Waals surface area (Å²) in [5.41, 5.74) is -1.23. The molecule has 0 spiro atoms. The van der Waals surface area contributed by atoms with Crippen molar-refractivity contribution < 1.29 is 14.8 Å². The fourth-order valence-corrected chi connectivity index (χ4v) is 1.98. The predicted molar refractivity (Wildman–Crippen MR) is 64.9 cm³/mol. The summed E-state index contributed by atoms with van der Waals surface area (Å²) in [7, 11) is 0. The quantitative estimate of drug-likeness (QED) is 0.572. The summed E-state index contributed by atoms with van der Waals surface area (Å²) >= 11 is 0. The van der Waals surface area contributed by atoms with Gasteiger partial charge in [-0.3, -0.25) is 19.7 Å². The number of aliphatic hydroxyl groups excluding tert-OH is 1. The van der Waals surface area contributed by atoms with Gasteiger partial charge < -0.3 is 15.0 Å². The molecule has 19 heavy (non-hydrogen) atoms. The normalized spacial score (nSPS) is 16.4. The van der Waals surface area contributed by atoms with Crippen molar-refractivity contribution in [2.24, 2.45) is 0 Å². The van der Waals surface area contributed by atoms with Crippen molar-refractivity contribution in [1.82, 2.24) is 9.88 Å². The van der Waals surface area contributed by atoms with Crippen LogP contribution in [0.3, 0.4) is 0 Å². The second-order valence-corrected chi connectivity index (χ2v) is 4.38. The monoisotopic (exact) mass is 267 g/mol. The Hall–Kier alpha value is -2.22. The van der Waals surface area contributed by atoms with Gasteiger partial charge in [-0.2, -0.15) is 0 Å². The number of pyridine rings is 1. The molecular formula is C11H13N3O5. The fraction of sp³-hybridized carbons (Fsp3) is 0.455. The van der Waals surface area contributed by atoms with Crippen molar-refractivity contribution in [3.8, 4) is 0 Å². The number of carbonyl (C=O) groups is 1. The number of H-pyrrole nitrogens is 1. The molecule has 8 heteroatoms. The van der Waals surface area contributed by atoms with E-state index in [4.69, 9.17) is 0 Å². The van der Waals surface area contributed by atoms with Crippen molar-refractivity contribution in [3.63, 3.8) is 0 Å². The van der Waals surface area contributed by atoms with Crippen molar-refractivity contribution in [3.05, 3.63) is 38.3 Å². The topological polar surface area (TPSA) is 117 Å². The van der Waals surface area contributed by atoms with E-state index in [2.05, 4.69) is 4.98 Å². The van der Waals surface area contributed by atoms with Crippen LogP contribution in [0.5, 0.6) is 0 Å². The highest BCUT2D eigenvalue weighted by molar-refractivity contribution is 5.94. The van der Waals surface area contributed by atoms with E-state index in [-0.39, 0.29) is 11.3 Å². The molecule has 1 saturated heterocycles. The number of amides is 1. The molecule has 8 nitrogen and oxygen atoms in total. The molecule has 1 aliphatic heterocycles. The molecule has 2 N–H and O–H groups in total. The van der Waals surface area contributed by atoms with Crippen LogP contribution in [0.4, 0.5) is 5.69 Å². The molecule has 1 amide bonds. The van der Waals surface area contributed by atoms with Crippen molar-refractivity contribution in [2.75, 3.05) is 13.1 Å². The number of piperidine rings is 1. The molecule has 1 aromatic rings. The molecule has 102 valence electrons. The number of likely N-dealkylation sites (tertiary alicyclic amines) is 1. The first-order valence-electron chi connectivity index (χ1n) is 5.83. The summed E-state index contributed by atoms with van der Waals surface area (Å²) in [6, 6.07) is 0.978. The number of aliphatic hydroxyl groups is 1. The van der Waals surface area contributed by atoms with Gasteiger partial charge in [0.05, 0.1) is 17.2 Å². The second-order valence-electron chi connectivity index (χ2n) is 4.38. The second kappa shape index (κ2) is 5.19. The molecule has 1 fully saturated rings. The molecule has 2 rings (SSSR count). The van der Waals surface area contributed by atoms with Crippen LogP contribution >= 0.6 is 0 Å². The Balaban J connectivity index is 2.26. The Morgan fingerprint density at radius 2 is 2.11 bits per heavy atom. The number of nitro groups is 1. The van der Waals surface area contributed by atoms with Gasteiger partial charge in [-0.1, -0.05) is 0 Å². The first-order valence-corrected chi connectivity index (χ1v) is 5.83. The van der Waals surface area contributed by atoms with Crippen molar-refractivity contribution >= 4 is 11.6 Å². The van der Waals surface area contributed by atoms with Crippen molar-refractivity contribution in [2.45, 2.75) is 18.9 Å². The van der Waals surface area contributed by atoms with Gasteiger partial charge in [-0.05, 0) is 12.8 Å². The summed E-state index contributed by atoms with van der Waals surface area (Å²) < 4.78 is 0. The Bertz CT molecular complexity index is 560. The molecule has 1 aromatic heterocycles. The molecule has 0 atom stereocenters. The van der Waals surface area contributed by atoms with Crippen LogP contribution in [-0.2, 0) is 0 Å². The van der Waals surface area contributed by atoms with E-state index in [9.17, 15) is 24.8 Å². The van der Waals surface area contributed by atoms with E-state index in [1.807, 2.05) is 0 Å². The zero-order valence-corrected chi connectivity index (χ0v) is 10.0. The number of aromatic nitrogens is 1. The minimum absolute atomic E-state index is 0.245. The van der Waals surface area contributed by atoms with Gasteiger partial charge >= 0.3 is 0 Å². The Morgan fingerprint density at radius 1 is 1.47 bits per heavy atom. The van der Waals surface area contributed by atoms with Gasteiger partial charge in [-0.25, -0.2) is 0 Å². The zero-order chi connectivity index (χ0) is 14.0. The number of carbonyl (C=O) groups excluding carboxylic acids is 1. The number of nitrogens with one attached hydrogen (secondary N) is 1. The van der Waals surface area contributed by atoms with Gasteiger partial charge in [-0.15, -0.1) is 0 Å². The third-order valence-corrected chi connectivity index (χ3v) is 3.08. The van der Waals surface area contributed by atoms with Crippen LogP contribution in [0.1, 0.15) is 23.2 Å². The molecular weight excluding hydrogens is 254 g/mol. The predicted octanol–water partition coefficient (Wildman–Crippen LogP) is -0.120. The number of nitrogens with zero attached hydrogens (tertiary/aromatic N) is 2. The number of rotatable bonds is 2. The maximum absolute atomic E-state index is 12.1. The number of hydrogen-bond donors (Lipinski definition) is 2. The minimum atomic E-state index is -0.674. The fourth-order valence-electron chi connectivity index (χ4n) is 1.98. The highest BCUT2D eigenvalue weighted by Crippen LogP contribution is 2.14. The lowest BCUT2D eigenvalue weighted by Crippen LogP contribution is -2.41. The SMILES string of the molecule is O=C(c1cc([N+](=O)[O-])c[nH]c1=O)N1CCC(O)CC1. The van der Waals surface area contributed by atoms with E-state index in [0.29, 0.717) is 25.9 Å². The molecule has 0 radical (unpaired) electrons. The highest BCUT2D eigenvalue weighted by Gasteiger charge is 2.25. The third kappa shape index (κ3) is 2.79. The maximum atomic E-state index is 12.1. The summed E-state index contributed by atoms with van der Waals surface area (Å²) in [4.78, 5) is 37.2. The summed E-state index contributed by atoms with van der Waals surface area (Å²) in [5, 5.41) is 20.0. The smallest absolute Gasteiger partial charge is 0.286 e. The Labute approximate surface area is 107 Å². The lowest BCUT2D eigenvalue weighted by Gasteiger charge is -2.29. The van der Waals surface area contributed by atoms with Crippen LogP contribution in [0, 0.1) is 10.1 Å². The van der Waals surface area contributed by atoms with Crippen LogP contribution in [0.2, 0.25) is 0 Å². The van der Waals surface area contributed by atoms with Gasteiger partial charge in [0, 0.05) is 19.2 Å². The zero-order valence-electron chi connectivity index (χ0n) is 10.0. The van der Waals surface area contributed by atoms with E-state index in [1.165, 1.54) is 4.90 Å². The van der Waals surface area contributed by atoms with Crippen LogP contribution in [0.15, 0.2) is 17.1 Å². The number of hydrogen-bond acceptors (Lipinski definition) is 5. The van der Waals surface area contributed by atoms with Crippen LogP contribution in [-0.4, -0.2) is 45.0 Å². The van der Waals surface area contributed by atoms with Gasteiger partial charge in [0.15, 0.2) is 0 Å². The average molecular weight is 267 g/mol. The van der Waals surface area contributed by atoms with Gasteiger partial charge in [0.2, 0.25) is 0 Å². The van der Waals surface area contributed by atoms with Crippen molar-refractivity contribution in [1.29, 1.82) is 0 Å². The third-order valence-electron chi connectivity index (χ3n) is 3.08. The summed E-state index contributed by atoms with van der Waals surface area (Å²) in [6.07, 6.45) is 1.41. The first kappa shape index (κ1) is 13.2. The Morgan fingerprint density at radius 3 is 2.68 bits per heavy atom. The lowest BCUT2D eigenvalue weighted by molar-refractivity contribution is -0.385. The van der Waals surface area contributed by atoms with E-state index < -0.39 is 22.5 Å². The van der Waals surface area contributed by atoms with E-state index in [1.54, 1.807) is 0 Å². The first-order chi connectivity index (χ1) is 8.99. The van der Waals surface area contributed by atoms with E-state index >= 15 is 0 Å². The minimum Gasteiger partial charge on any atom is -0.393 e. The highest BCUT2D eigenvalue weighted by atomic mass is 16.6. The molecule has 0 aromatic carbocycles. The number of aromatic amines is 1. The van der Waals surface area contributed by atoms with Gasteiger partial charge in [0.1, 0.15) is 5.56 Å². The molecule has 2 heterocycles. The Kier molecular flexibility index (Phi) is 3.61. The van der Waals surface area contributed by atoms with E-state index in [0.717, 1.165) is 12.3 Å². The standard InChI is InChI=1S/C11H13N3O5/c15-8-1-3-13(4-2-8)11(17)9-5-7(14(18)19)6-12-10(9)16/h5-6,8,15H,1-4H2,(H,12,16).